The summed E-state index contributed by atoms with van der Waals surface area (Å²) in [5.41, 5.74) is 1.03. The molecule has 0 aliphatic heterocycles. The monoisotopic (exact) mass is 266 g/mol. The molecule has 1 rings (SSSR count). The van der Waals surface area contributed by atoms with Crippen LogP contribution in [0.2, 0.25) is 0 Å². The molecule has 0 aromatic heterocycles. The van der Waals surface area contributed by atoms with E-state index in [4.69, 9.17) is 9.47 Å². The number of carbonyl (C=O) groups is 2. The lowest BCUT2D eigenvalue weighted by molar-refractivity contribution is -0.114. The Morgan fingerprint density at radius 1 is 1.26 bits per heavy atom. The van der Waals surface area contributed by atoms with Crippen LogP contribution in [0.4, 0.5) is 5.69 Å². The largest absolute Gasteiger partial charge is 0.354 e. The molecule has 1 aromatic rings. The van der Waals surface area contributed by atoms with Crippen LogP contribution in [0.25, 0.3) is 0 Å². The molecule has 0 spiro atoms. The molecular weight excluding hydrogens is 248 g/mol. The molecule has 19 heavy (non-hydrogen) atoms. The first-order valence-corrected chi connectivity index (χ1v) is 5.78. The molecule has 0 fully saturated rings. The van der Waals surface area contributed by atoms with Crippen molar-refractivity contribution in [2.24, 2.45) is 0 Å². The van der Waals surface area contributed by atoms with Crippen molar-refractivity contribution in [3.05, 3.63) is 29.8 Å². The van der Waals surface area contributed by atoms with Crippen molar-refractivity contribution in [3.8, 4) is 0 Å². The summed E-state index contributed by atoms with van der Waals surface area (Å²) < 4.78 is 9.94. The van der Waals surface area contributed by atoms with Crippen molar-refractivity contribution in [3.63, 3.8) is 0 Å². The molecule has 6 heteroatoms. The minimum Gasteiger partial charge on any atom is -0.354 e. The van der Waals surface area contributed by atoms with Gasteiger partial charge in [-0.15, -0.1) is 0 Å². The summed E-state index contributed by atoms with van der Waals surface area (Å²) in [6.07, 6.45) is -0.484. The van der Waals surface area contributed by atoms with Crippen LogP contribution in [0.1, 0.15) is 17.3 Å². The highest BCUT2D eigenvalue weighted by Gasteiger charge is 2.10. The average Bonchev–Trinajstić information content (AvgIpc) is 2.39. The van der Waals surface area contributed by atoms with Crippen molar-refractivity contribution < 1.29 is 19.1 Å². The topological polar surface area (TPSA) is 76.7 Å². The molecular formula is C13H18N2O4. The van der Waals surface area contributed by atoms with Gasteiger partial charge in [-0.1, -0.05) is 6.07 Å². The van der Waals surface area contributed by atoms with E-state index in [-0.39, 0.29) is 18.4 Å². The SMILES string of the molecule is COC(CNC(=O)c1cccc(NC(C)=O)c1)OC. The normalized spacial score (nSPS) is 10.3. The van der Waals surface area contributed by atoms with Crippen LogP contribution in [-0.2, 0) is 14.3 Å². The number of anilines is 1. The molecule has 0 heterocycles. The maximum atomic E-state index is 11.9. The molecule has 1 aromatic carbocycles. The number of ether oxygens (including phenoxy) is 2. The van der Waals surface area contributed by atoms with Gasteiger partial charge in [0.15, 0.2) is 6.29 Å². The van der Waals surface area contributed by atoms with Crippen LogP contribution in [0.15, 0.2) is 24.3 Å². The smallest absolute Gasteiger partial charge is 0.251 e. The zero-order valence-electron chi connectivity index (χ0n) is 11.2. The highest BCUT2D eigenvalue weighted by molar-refractivity contribution is 5.96. The van der Waals surface area contributed by atoms with E-state index in [2.05, 4.69) is 10.6 Å². The van der Waals surface area contributed by atoms with E-state index in [0.29, 0.717) is 11.3 Å². The number of hydrogen-bond acceptors (Lipinski definition) is 4. The maximum absolute atomic E-state index is 11.9. The molecule has 0 aliphatic carbocycles. The average molecular weight is 266 g/mol. The van der Waals surface area contributed by atoms with Gasteiger partial charge in [0.25, 0.3) is 5.91 Å². The molecule has 2 N–H and O–H groups in total. The molecule has 6 nitrogen and oxygen atoms in total. The van der Waals surface area contributed by atoms with E-state index in [9.17, 15) is 9.59 Å². The molecule has 0 aliphatic rings. The number of hydrogen-bond donors (Lipinski definition) is 2. The third-order valence-corrected chi connectivity index (χ3v) is 2.40. The Balaban J connectivity index is 2.64. The van der Waals surface area contributed by atoms with E-state index in [0.717, 1.165) is 0 Å². The second kappa shape index (κ2) is 7.50. The molecule has 0 bridgehead atoms. The Bertz CT molecular complexity index is 444. The van der Waals surface area contributed by atoms with E-state index < -0.39 is 6.29 Å². The molecule has 0 saturated heterocycles. The lowest BCUT2D eigenvalue weighted by Crippen LogP contribution is -2.34. The van der Waals surface area contributed by atoms with E-state index in [1.54, 1.807) is 24.3 Å². The van der Waals surface area contributed by atoms with Crippen molar-refractivity contribution in [1.82, 2.24) is 5.32 Å². The predicted octanol–water partition coefficient (Wildman–Crippen LogP) is 0.994. The Hall–Kier alpha value is -1.92. The number of amides is 2. The standard InChI is InChI=1S/C13H18N2O4/c1-9(16)15-11-6-4-5-10(7-11)13(17)14-8-12(18-2)19-3/h4-7,12H,8H2,1-3H3,(H,14,17)(H,15,16). The van der Waals surface area contributed by atoms with Crippen LogP contribution < -0.4 is 10.6 Å². The fraction of sp³-hybridized carbons (Fsp3) is 0.385. The number of rotatable bonds is 6. The van der Waals surface area contributed by atoms with Crippen molar-refractivity contribution >= 4 is 17.5 Å². The quantitative estimate of drug-likeness (QED) is 0.753. The number of carbonyl (C=O) groups excluding carboxylic acids is 2. The first kappa shape index (κ1) is 15.1. The lowest BCUT2D eigenvalue weighted by Gasteiger charge is -2.14. The summed E-state index contributed by atoms with van der Waals surface area (Å²) in [4.78, 5) is 22.8. The first-order valence-electron chi connectivity index (χ1n) is 5.78. The Morgan fingerprint density at radius 3 is 2.53 bits per heavy atom. The van der Waals surface area contributed by atoms with Gasteiger partial charge in [0.2, 0.25) is 5.91 Å². The Kier molecular flexibility index (Phi) is 5.98. The summed E-state index contributed by atoms with van der Waals surface area (Å²) in [7, 11) is 3.00. The van der Waals surface area contributed by atoms with Crippen molar-refractivity contribution in [2.75, 3.05) is 26.1 Å². The number of methoxy groups -OCH3 is 2. The van der Waals surface area contributed by atoms with Gasteiger partial charge in [-0.2, -0.15) is 0 Å². The van der Waals surface area contributed by atoms with Gasteiger partial charge in [-0.3, -0.25) is 9.59 Å². The zero-order valence-corrected chi connectivity index (χ0v) is 11.2. The number of nitrogens with one attached hydrogen (secondary N) is 2. The van der Waals surface area contributed by atoms with E-state index in [1.807, 2.05) is 0 Å². The minimum atomic E-state index is -0.484. The molecule has 0 unspecified atom stereocenters. The molecule has 2 amide bonds. The summed E-state index contributed by atoms with van der Waals surface area (Å²) in [6.45, 7) is 1.66. The third-order valence-electron chi connectivity index (χ3n) is 2.40. The van der Waals surface area contributed by atoms with Crippen LogP contribution in [0, 0.1) is 0 Å². The summed E-state index contributed by atoms with van der Waals surface area (Å²) in [5.74, 6) is -0.442. The van der Waals surface area contributed by atoms with Crippen LogP contribution in [0.5, 0.6) is 0 Å². The van der Waals surface area contributed by atoms with E-state index >= 15 is 0 Å². The van der Waals surface area contributed by atoms with Crippen LogP contribution in [0.3, 0.4) is 0 Å². The van der Waals surface area contributed by atoms with E-state index in [1.165, 1.54) is 21.1 Å². The van der Waals surface area contributed by atoms with Crippen LogP contribution in [-0.4, -0.2) is 38.9 Å². The van der Waals surface area contributed by atoms with Crippen molar-refractivity contribution in [2.45, 2.75) is 13.2 Å². The maximum Gasteiger partial charge on any atom is 0.251 e. The molecule has 0 saturated carbocycles. The van der Waals surface area contributed by atoms with Gasteiger partial charge in [0, 0.05) is 32.4 Å². The van der Waals surface area contributed by atoms with Crippen molar-refractivity contribution in [1.29, 1.82) is 0 Å². The van der Waals surface area contributed by atoms with Gasteiger partial charge in [0.1, 0.15) is 0 Å². The lowest BCUT2D eigenvalue weighted by atomic mass is 10.2. The van der Waals surface area contributed by atoms with Gasteiger partial charge in [-0.25, -0.2) is 0 Å². The fourth-order valence-corrected chi connectivity index (χ4v) is 1.48. The van der Waals surface area contributed by atoms with Gasteiger partial charge in [0.05, 0.1) is 6.54 Å². The molecule has 0 radical (unpaired) electrons. The van der Waals surface area contributed by atoms with Gasteiger partial charge >= 0.3 is 0 Å². The fourth-order valence-electron chi connectivity index (χ4n) is 1.48. The highest BCUT2D eigenvalue weighted by atomic mass is 16.7. The highest BCUT2D eigenvalue weighted by Crippen LogP contribution is 2.10. The van der Waals surface area contributed by atoms with Crippen LogP contribution >= 0.6 is 0 Å². The van der Waals surface area contributed by atoms with Gasteiger partial charge in [-0.05, 0) is 18.2 Å². The number of benzene rings is 1. The summed E-state index contributed by atoms with van der Waals surface area (Å²) in [6, 6.07) is 6.68. The summed E-state index contributed by atoms with van der Waals surface area (Å²) in [5, 5.41) is 5.30. The molecule has 104 valence electrons. The second-order valence-electron chi connectivity index (χ2n) is 3.87. The predicted molar refractivity (Wildman–Crippen MR) is 70.9 cm³/mol. The Labute approximate surface area is 112 Å². The summed E-state index contributed by atoms with van der Waals surface area (Å²) >= 11 is 0. The molecule has 0 atom stereocenters. The minimum absolute atomic E-state index is 0.184. The first-order chi connectivity index (χ1) is 9.06. The Morgan fingerprint density at radius 2 is 1.95 bits per heavy atom. The second-order valence-corrected chi connectivity index (χ2v) is 3.87. The zero-order chi connectivity index (χ0) is 14.3. The third kappa shape index (κ3) is 5.07. The van der Waals surface area contributed by atoms with Gasteiger partial charge < -0.3 is 20.1 Å².